The third kappa shape index (κ3) is 4.53. The lowest BCUT2D eigenvalue weighted by atomic mass is 10.3. The van der Waals surface area contributed by atoms with Crippen LogP contribution in [0.4, 0.5) is 0 Å². The van der Waals surface area contributed by atoms with Crippen molar-refractivity contribution in [2.24, 2.45) is 0 Å². The number of rotatable bonds is 7. The number of hydrogen-bond acceptors (Lipinski definition) is 3. The molecule has 0 radical (unpaired) electrons. The van der Waals surface area contributed by atoms with Gasteiger partial charge in [0.2, 0.25) is 0 Å². The van der Waals surface area contributed by atoms with Gasteiger partial charge in [0.15, 0.2) is 0 Å². The van der Waals surface area contributed by atoms with Crippen molar-refractivity contribution in [1.82, 2.24) is 5.32 Å². The molecular formula is C13H21NO2. The Morgan fingerprint density at radius 2 is 1.81 bits per heavy atom. The Morgan fingerprint density at radius 3 is 2.38 bits per heavy atom. The highest BCUT2D eigenvalue weighted by atomic mass is 16.5. The van der Waals surface area contributed by atoms with E-state index in [1.165, 1.54) is 0 Å². The van der Waals surface area contributed by atoms with Gasteiger partial charge in [-0.25, -0.2) is 0 Å². The highest BCUT2D eigenvalue weighted by molar-refractivity contribution is 5.31. The van der Waals surface area contributed by atoms with E-state index < -0.39 is 0 Å². The van der Waals surface area contributed by atoms with Crippen LogP contribution in [0, 0.1) is 0 Å². The maximum atomic E-state index is 5.58. The van der Waals surface area contributed by atoms with Crippen LogP contribution in [0.15, 0.2) is 24.3 Å². The molecule has 1 aromatic rings. The standard InChI is InChI=1S/C13H21NO2/c1-4-11(2)14-9-10-16-13-7-5-12(15-3)6-8-13/h5-8,11,14H,4,9-10H2,1-3H3/t11-/m1/s1. The maximum Gasteiger partial charge on any atom is 0.119 e. The molecule has 3 nitrogen and oxygen atoms in total. The molecule has 0 aliphatic rings. The molecule has 90 valence electrons. The molecule has 0 aliphatic carbocycles. The van der Waals surface area contributed by atoms with E-state index in [1.54, 1.807) is 7.11 Å². The van der Waals surface area contributed by atoms with Crippen LogP contribution in [0.5, 0.6) is 11.5 Å². The zero-order valence-corrected chi connectivity index (χ0v) is 10.3. The van der Waals surface area contributed by atoms with Crippen molar-refractivity contribution in [3.63, 3.8) is 0 Å². The van der Waals surface area contributed by atoms with Crippen molar-refractivity contribution in [2.45, 2.75) is 26.3 Å². The number of benzene rings is 1. The molecule has 0 heterocycles. The van der Waals surface area contributed by atoms with E-state index in [0.29, 0.717) is 12.6 Å². The Hall–Kier alpha value is -1.22. The molecule has 0 amide bonds. The lowest BCUT2D eigenvalue weighted by Crippen LogP contribution is -2.29. The van der Waals surface area contributed by atoms with Crippen molar-refractivity contribution in [2.75, 3.05) is 20.3 Å². The van der Waals surface area contributed by atoms with Gasteiger partial charge < -0.3 is 14.8 Å². The van der Waals surface area contributed by atoms with E-state index in [2.05, 4.69) is 19.2 Å². The summed E-state index contributed by atoms with van der Waals surface area (Å²) in [5, 5.41) is 3.38. The van der Waals surface area contributed by atoms with Crippen molar-refractivity contribution >= 4 is 0 Å². The molecule has 0 fully saturated rings. The summed E-state index contributed by atoms with van der Waals surface area (Å²) < 4.78 is 10.7. The molecule has 0 aromatic heterocycles. The summed E-state index contributed by atoms with van der Waals surface area (Å²) in [7, 11) is 1.66. The molecule has 16 heavy (non-hydrogen) atoms. The van der Waals surface area contributed by atoms with Crippen LogP contribution in [0.1, 0.15) is 20.3 Å². The Morgan fingerprint density at radius 1 is 1.19 bits per heavy atom. The van der Waals surface area contributed by atoms with E-state index >= 15 is 0 Å². The fourth-order valence-electron chi connectivity index (χ4n) is 1.29. The first-order chi connectivity index (χ1) is 7.76. The second-order valence-electron chi connectivity index (χ2n) is 3.79. The molecule has 0 unspecified atom stereocenters. The van der Waals surface area contributed by atoms with Crippen LogP contribution < -0.4 is 14.8 Å². The molecule has 0 saturated carbocycles. The number of methoxy groups -OCH3 is 1. The Kier molecular flexibility index (Phi) is 5.72. The Bertz CT molecular complexity index is 284. The third-order valence-electron chi connectivity index (χ3n) is 2.54. The number of hydrogen-bond donors (Lipinski definition) is 1. The zero-order valence-electron chi connectivity index (χ0n) is 10.3. The molecule has 3 heteroatoms. The van der Waals surface area contributed by atoms with Crippen LogP contribution in [0.25, 0.3) is 0 Å². The predicted molar refractivity (Wildman–Crippen MR) is 66.2 cm³/mol. The fourth-order valence-corrected chi connectivity index (χ4v) is 1.29. The first-order valence-corrected chi connectivity index (χ1v) is 5.76. The predicted octanol–water partition coefficient (Wildman–Crippen LogP) is 2.46. The minimum Gasteiger partial charge on any atom is -0.497 e. The van der Waals surface area contributed by atoms with E-state index in [0.717, 1.165) is 24.5 Å². The van der Waals surface area contributed by atoms with E-state index in [1.807, 2.05) is 24.3 Å². The van der Waals surface area contributed by atoms with Crippen molar-refractivity contribution in [3.8, 4) is 11.5 Å². The molecule has 1 rings (SSSR count). The quantitative estimate of drug-likeness (QED) is 0.720. The van der Waals surface area contributed by atoms with Gasteiger partial charge in [-0.2, -0.15) is 0 Å². The number of nitrogens with one attached hydrogen (secondary N) is 1. The minimum atomic E-state index is 0.555. The fraction of sp³-hybridized carbons (Fsp3) is 0.538. The zero-order chi connectivity index (χ0) is 11.8. The van der Waals surface area contributed by atoms with Gasteiger partial charge in [-0.05, 0) is 37.6 Å². The second kappa shape index (κ2) is 7.12. The number of ether oxygens (including phenoxy) is 2. The summed E-state index contributed by atoms with van der Waals surface area (Å²) in [5.41, 5.74) is 0. The van der Waals surface area contributed by atoms with E-state index in [4.69, 9.17) is 9.47 Å². The lowest BCUT2D eigenvalue weighted by Gasteiger charge is -2.12. The summed E-state index contributed by atoms with van der Waals surface area (Å²) in [6.45, 7) is 5.91. The van der Waals surface area contributed by atoms with E-state index in [9.17, 15) is 0 Å². The van der Waals surface area contributed by atoms with Gasteiger partial charge in [-0.1, -0.05) is 6.92 Å². The third-order valence-corrected chi connectivity index (χ3v) is 2.54. The molecule has 1 atom stereocenters. The molecule has 1 N–H and O–H groups in total. The summed E-state index contributed by atoms with van der Waals surface area (Å²) in [6, 6.07) is 8.19. The molecular weight excluding hydrogens is 202 g/mol. The van der Waals surface area contributed by atoms with Gasteiger partial charge in [0, 0.05) is 12.6 Å². The van der Waals surface area contributed by atoms with Gasteiger partial charge in [-0.15, -0.1) is 0 Å². The van der Waals surface area contributed by atoms with Crippen molar-refractivity contribution in [1.29, 1.82) is 0 Å². The molecule has 0 saturated heterocycles. The highest BCUT2D eigenvalue weighted by Crippen LogP contribution is 2.16. The molecule has 0 bridgehead atoms. The largest absolute Gasteiger partial charge is 0.497 e. The summed E-state index contributed by atoms with van der Waals surface area (Å²) >= 11 is 0. The maximum absolute atomic E-state index is 5.58. The van der Waals surface area contributed by atoms with Gasteiger partial charge in [0.25, 0.3) is 0 Å². The summed E-state index contributed by atoms with van der Waals surface area (Å²) in [4.78, 5) is 0. The monoisotopic (exact) mass is 223 g/mol. The van der Waals surface area contributed by atoms with Crippen molar-refractivity contribution < 1.29 is 9.47 Å². The Labute approximate surface area is 97.8 Å². The van der Waals surface area contributed by atoms with Gasteiger partial charge in [0.1, 0.15) is 18.1 Å². The second-order valence-corrected chi connectivity index (χ2v) is 3.79. The van der Waals surface area contributed by atoms with Gasteiger partial charge >= 0.3 is 0 Å². The topological polar surface area (TPSA) is 30.5 Å². The SMILES string of the molecule is CC[C@@H](C)NCCOc1ccc(OC)cc1. The van der Waals surface area contributed by atoms with Gasteiger partial charge in [-0.3, -0.25) is 0 Å². The van der Waals surface area contributed by atoms with Crippen LogP contribution in [-0.2, 0) is 0 Å². The molecule has 0 spiro atoms. The molecule has 1 aromatic carbocycles. The average Bonchev–Trinajstić information content (AvgIpc) is 2.35. The smallest absolute Gasteiger partial charge is 0.119 e. The first-order valence-electron chi connectivity index (χ1n) is 5.76. The van der Waals surface area contributed by atoms with Crippen LogP contribution in [0.3, 0.4) is 0 Å². The summed E-state index contributed by atoms with van der Waals surface area (Å²) in [6.07, 6.45) is 1.14. The van der Waals surface area contributed by atoms with E-state index in [-0.39, 0.29) is 0 Å². The average molecular weight is 223 g/mol. The van der Waals surface area contributed by atoms with Crippen LogP contribution >= 0.6 is 0 Å². The normalized spacial score (nSPS) is 12.2. The first kappa shape index (κ1) is 12.8. The van der Waals surface area contributed by atoms with Crippen LogP contribution in [0.2, 0.25) is 0 Å². The van der Waals surface area contributed by atoms with Crippen molar-refractivity contribution in [3.05, 3.63) is 24.3 Å². The minimum absolute atomic E-state index is 0.555. The highest BCUT2D eigenvalue weighted by Gasteiger charge is 1.97. The van der Waals surface area contributed by atoms with Crippen LogP contribution in [-0.4, -0.2) is 26.3 Å². The van der Waals surface area contributed by atoms with Gasteiger partial charge in [0.05, 0.1) is 7.11 Å². The lowest BCUT2D eigenvalue weighted by molar-refractivity contribution is 0.305. The summed E-state index contributed by atoms with van der Waals surface area (Å²) in [5.74, 6) is 1.73. The Balaban J connectivity index is 2.21. The molecule has 0 aliphatic heterocycles.